The van der Waals surface area contributed by atoms with Crippen LogP contribution in [0.25, 0.3) is 21.9 Å². The van der Waals surface area contributed by atoms with Crippen molar-refractivity contribution in [2.75, 3.05) is 0 Å². The summed E-state index contributed by atoms with van der Waals surface area (Å²) in [6.45, 7) is 0.376. The second-order valence-electron chi connectivity index (χ2n) is 8.38. The predicted molar refractivity (Wildman–Crippen MR) is 137 cm³/mol. The maximum absolute atomic E-state index is 14.6. The highest BCUT2D eigenvalue weighted by atomic mass is 19.1. The molecule has 5 rings (SSSR count). The van der Waals surface area contributed by atoms with E-state index in [0.717, 1.165) is 16.7 Å². The average molecular weight is 514 g/mol. The van der Waals surface area contributed by atoms with Gasteiger partial charge in [-0.05, 0) is 69.9 Å². The number of carboxylic acids is 1. The van der Waals surface area contributed by atoms with E-state index in [1.54, 1.807) is 24.3 Å². The molecule has 1 aromatic heterocycles. The van der Waals surface area contributed by atoms with E-state index >= 15 is 0 Å². The van der Waals surface area contributed by atoms with Gasteiger partial charge in [0, 0.05) is 12.6 Å². The van der Waals surface area contributed by atoms with E-state index in [1.165, 1.54) is 24.3 Å². The zero-order valence-corrected chi connectivity index (χ0v) is 19.7. The molecule has 4 N–H and O–H groups in total. The van der Waals surface area contributed by atoms with Crippen LogP contribution in [-0.2, 0) is 6.54 Å². The van der Waals surface area contributed by atoms with Gasteiger partial charge in [0.15, 0.2) is 11.6 Å². The number of phenols is 1. The lowest BCUT2D eigenvalue weighted by Crippen LogP contribution is -2.03. The second kappa shape index (κ2) is 10.2. The molecule has 0 saturated carbocycles. The number of pyridine rings is 1. The van der Waals surface area contributed by atoms with E-state index in [4.69, 9.17) is 15.2 Å². The third-order valence-corrected chi connectivity index (χ3v) is 5.77. The number of aromatic nitrogens is 1. The number of fused-ring (bicyclic) bond motifs is 1. The van der Waals surface area contributed by atoms with Gasteiger partial charge in [-0.25, -0.2) is 13.6 Å². The number of hydrogen-bond donors (Lipinski definition) is 3. The molecular formula is C29H20F2N2O5. The number of hydrogen-bond acceptors (Lipinski definition) is 6. The Labute approximate surface area is 215 Å². The van der Waals surface area contributed by atoms with Gasteiger partial charge in [-0.3, -0.25) is 0 Å². The van der Waals surface area contributed by atoms with Crippen molar-refractivity contribution in [2.45, 2.75) is 6.54 Å². The Morgan fingerprint density at radius 3 is 2.26 bits per heavy atom. The van der Waals surface area contributed by atoms with E-state index < -0.39 is 29.4 Å². The molecule has 5 aromatic rings. The Morgan fingerprint density at radius 2 is 1.53 bits per heavy atom. The van der Waals surface area contributed by atoms with Gasteiger partial charge in [-0.2, -0.15) is 4.98 Å². The second-order valence-corrected chi connectivity index (χ2v) is 8.38. The summed E-state index contributed by atoms with van der Waals surface area (Å²) in [5.41, 5.74) is 8.02. The zero-order valence-electron chi connectivity index (χ0n) is 19.7. The first kappa shape index (κ1) is 24.7. The summed E-state index contributed by atoms with van der Waals surface area (Å²) >= 11 is 0. The molecule has 4 aromatic carbocycles. The average Bonchev–Trinajstić information content (AvgIpc) is 2.91. The third kappa shape index (κ3) is 5.09. The number of carbonyl (C=O) groups is 1. The number of aromatic carboxylic acids is 1. The summed E-state index contributed by atoms with van der Waals surface area (Å²) in [7, 11) is 0. The van der Waals surface area contributed by atoms with Crippen molar-refractivity contribution in [1.82, 2.24) is 4.98 Å². The monoisotopic (exact) mass is 514 g/mol. The fourth-order valence-corrected chi connectivity index (χ4v) is 3.93. The Morgan fingerprint density at radius 1 is 0.816 bits per heavy atom. The van der Waals surface area contributed by atoms with Crippen LogP contribution in [0.4, 0.5) is 8.78 Å². The minimum atomic E-state index is -1.35. The highest BCUT2D eigenvalue weighted by Gasteiger charge is 2.20. The van der Waals surface area contributed by atoms with Crippen LogP contribution in [0.3, 0.4) is 0 Å². The van der Waals surface area contributed by atoms with Crippen molar-refractivity contribution < 1.29 is 33.3 Å². The molecule has 0 aliphatic carbocycles. The summed E-state index contributed by atoms with van der Waals surface area (Å²) < 4.78 is 40.4. The Bertz CT molecular complexity index is 1690. The number of nitrogens with two attached hydrogens (primary N) is 1. The van der Waals surface area contributed by atoms with Crippen molar-refractivity contribution in [3.63, 3.8) is 0 Å². The van der Waals surface area contributed by atoms with Crippen molar-refractivity contribution >= 4 is 16.7 Å². The number of phenolic OH excluding ortho intramolecular Hbond substituents is 1. The topological polar surface area (TPSA) is 115 Å². The van der Waals surface area contributed by atoms with E-state index in [-0.39, 0.29) is 22.8 Å². The van der Waals surface area contributed by atoms with Gasteiger partial charge >= 0.3 is 5.97 Å². The zero-order chi connectivity index (χ0) is 26.8. The highest BCUT2D eigenvalue weighted by Crippen LogP contribution is 2.35. The molecule has 190 valence electrons. The molecule has 0 aliphatic rings. The van der Waals surface area contributed by atoms with E-state index in [1.807, 2.05) is 30.3 Å². The number of ether oxygens (including phenoxy) is 2. The number of halogens is 2. The van der Waals surface area contributed by atoms with Gasteiger partial charge in [-0.1, -0.05) is 36.4 Å². The highest BCUT2D eigenvalue weighted by molar-refractivity contribution is 5.98. The summed E-state index contributed by atoms with van der Waals surface area (Å²) in [5, 5.41) is 20.3. The van der Waals surface area contributed by atoms with Crippen LogP contribution in [0.15, 0.2) is 84.9 Å². The van der Waals surface area contributed by atoms with Crippen molar-refractivity contribution in [1.29, 1.82) is 0 Å². The lowest BCUT2D eigenvalue weighted by atomic mass is 10.0. The number of benzene rings is 4. The molecule has 0 amide bonds. The molecule has 9 heteroatoms. The van der Waals surface area contributed by atoms with Crippen molar-refractivity contribution in [3.8, 4) is 40.1 Å². The summed E-state index contributed by atoms with van der Waals surface area (Å²) in [4.78, 5) is 15.7. The quantitative estimate of drug-likeness (QED) is 0.223. The molecule has 0 saturated heterocycles. The molecule has 38 heavy (non-hydrogen) atoms. The van der Waals surface area contributed by atoms with Crippen LogP contribution in [0, 0.1) is 11.6 Å². The van der Waals surface area contributed by atoms with Gasteiger partial charge in [0.25, 0.3) is 11.8 Å². The normalized spacial score (nSPS) is 10.9. The Kier molecular flexibility index (Phi) is 6.59. The van der Waals surface area contributed by atoms with Crippen molar-refractivity contribution in [3.05, 3.63) is 108 Å². The molecule has 0 spiro atoms. The first-order valence-corrected chi connectivity index (χ1v) is 11.4. The smallest absolute Gasteiger partial charge is 0.339 e. The lowest BCUT2D eigenvalue weighted by molar-refractivity contribution is 0.0694. The SMILES string of the molecule is NCc1cccc(-c2cccc(Oc3nc(Oc4cc5ccc(O)cc5cc4C(=O)O)c(F)cc3F)c2)c1. The van der Waals surface area contributed by atoms with Crippen LogP contribution >= 0.6 is 0 Å². The number of rotatable bonds is 7. The van der Waals surface area contributed by atoms with Gasteiger partial charge in [0.05, 0.1) is 0 Å². The van der Waals surface area contributed by atoms with E-state index in [2.05, 4.69) is 4.98 Å². The first-order valence-electron chi connectivity index (χ1n) is 11.4. The Hall–Kier alpha value is -5.02. The van der Waals surface area contributed by atoms with Crippen molar-refractivity contribution in [2.24, 2.45) is 5.73 Å². The fraction of sp³-hybridized carbons (Fsp3) is 0.0345. The molecule has 0 radical (unpaired) electrons. The largest absolute Gasteiger partial charge is 0.508 e. The summed E-state index contributed by atoms with van der Waals surface area (Å²) in [5.74, 6) is -4.83. The minimum Gasteiger partial charge on any atom is -0.508 e. The fourth-order valence-electron chi connectivity index (χ4n) is 3.93. The molecular weight excluding hydrogens is 494 g/mol. The standard InChI is InChI=1S/C29H20F2N2O5/c30-24-14-25(31)28(38-26-13-19-7-8-21(34)10-20(19)12-23(26)29(35)36)33-27(24)37-22-6-2-5-18(11-22)17-4-1-3-16(9-17)15-32/h1-14,34H,15,32H2,(H,35,36). The number of carboxylic acid groups (broad SMARTS) is 1. The van der Waals surface area contributed by atoms with Crippen LogP contribution in [0.5, 0.6) is 29.0 Å². The molecule has 0 fully saturated rings. The predicted octanol–water partition coefficient (Wildman–Crippen LogP) is 6.63. The molecule has 0 unspecified atom stereocenters. The summed E-state index contributed by atoms with van der Waals surface area (Å²) in [6, 6.07) is 21.9. The molecule has 0 bridgehead atoms. The number of nitrogens with zero attached hydrogens (tertiary/aromatic N) is 1. The van der Waals surface area contributed by atoms with Gasteiger partial charge < -0.3 is 25.4 Å². The minimum absolute atomic E-state index is 0.0494. The maximum atomic E-state index is 14.6. The van der Waals surface area contributed by atoms with Crippen LogP contribution in [0.1, 0.15) is 15.9 Å². The first-order chi connectivity index (χ1) is 18.3. The van der Waals surface area contributed by atoms with Crippen LogP contribution < -0.4 is 15.2 Å². The molecule has 0 atom stereocenters. The molecule has 1 heterocycles. The third-order valence-electron chi connectivity index (χ3n) is 5.77. The Balaban J connectivity index is 1.48. The lowest BCUT2D eigenvalue weighted by Gasteiger charge is -2.13. The maximum Gasteiger partial charge on any atom is 0.339 e. The van der Waals surface area contributed by atoms with E-state index in [0.29, 0.717) is 23.4 Å². The number of aromatic hydroxyl groups is 1. The van der Waals surface area contributed by atoms with Crippen LogP contribution in [-0.4, -0.2) is 21.2 Å². The summed E-state index contributed by atoms with van der Waals surface area (Å²) in [6.07, 6.45) is 0. The van der Waals surface area contributed by atoms with Gasteiger partial charge in [0.1, 0.15) is 22.8 Å². The van der Waals surface area contributed by atoms with E-state index in [9.17, 15) is 23.8 Å². The van der Waals surface area contributed by atoms with Crippen LogP contribution in [0.2, 0.25) is 0 Å². The van der Waals surface area contributed by atoms with Gasteiger partial charge in [-0.15, -0.1) is 0 Å². The van der Waals surface area contributed by atoms with Gasteiger partial charge in [0.2, 0.25) is 0 Å². The molecule has 0 aliphatic heterocycles. The molecule has 7 nitrogen and oxygen atoms in total.